The Morgan fingerprint density at radius 3 is 2.05 bits per heavy atom. The van der Waals surface area contributed by atoms with Crippen molar-refractivity contribution in [3.8, 4) is 11.5 Å². The molecule has 0 radical (unpaired) electrons. The lowest BCUT2D eigenvalue weighted by molar-refractivity contribution is 0.102. The molecule has 0 saturated heterocycles. The van der Waals surface area contributed by atoms with Gasteiger partial charge in [0.25, 0.3) is 5.91 Å². The molecule has 0 spiro atoms. The summed E-state index contributed by atoms with van der Waals surface area (Å²) in [5.74, 6) is 1.13. The number of rotatable bonds is 9. The van der Waals surface area contributed by atoms with Crippen LogP contribution in [0.4, 0.5) is 5.69 Å². The van der Waals surface area contributed by atoms with Gasteiger partial charge in [0.2, 0.25) is 0 Å². The summed E-state index contributed by atoms with van der Waals surface area (Å²) in [6, 6.07) is 31.7. The smallest absolute Gasteiger partial charge is 0.259 e. The van der Waals surface area contributed by atoms with Crippen LogP contribution in [0, 0.1) is 0 Å². The Morgan fingerprint density at radius 1 is 0.789 bits per heavy atom. The molecule has 5 heteroatoms. The molecule has 0 aliphatic carbocycles. The van der Waals surface area contributed by atoms with Crippen LogP contribution in [0.1, 0.15) is 46.8 Å². The van der Waals surface area contributed by atoms with Crippen LogP contribution in [0.25, 0.3) is 10.9 Å². The monoisotopic (exact) mass is 504 g/mol. The number of fused-ring (bicyclic) bond motifs is 1. The minimum atomic E-state index is -0.222. The Hall–Kier alpha value is -4.51. The van der Waals surface area contributed by atoms with Gasteiger partial charge in [0.05, 0.1) is 5.56 Å². The molecular weight excluding hydrogens is 472 g/mol. The number of benzene rings is 4. The van der Waals surface area contributed by atoms with E-state index in [1.54, 1.807) is 0 Å². The van der Waals surface area contributed by atoms with Crippen LogP contribution < -0.4 is 14.8 Å². The molecular formula is C33H32N2O3. The summed E-state index contributed by atoms with van der Waals surface area (Å²) >= 11 is 0. The molecule has 5 nitrogen and oxygen atoms in total. The van der Waals surface area contributed by atoms with Crippen molar-refractivity contribution >= 4 is 22.5 Å². The normalized spacial score (nSPS) is 11.1. The zero-order chi connectivity index (χ0) is 26.5. The highest BCUT2D eigenvalue weighted by Gasteiger charge is 2.20. The van der Waals surface area contributed by atoms with Gasteiger partial charge in [-0.1, -0.05) is 74.5 Å². The number of carbonyl (C=O) groups is 1. The molecule has 1 amide bonds. The predicted octanol–water partition coefficient (Wildman–Crippen LogP) is 7.71. The number of nitrogens with one attached hydrogen (secondary N) is 1. The van der Waals surface area contributed by atoms with E-state index in [1.165, 1.54) is 0 Å². The van der Waals surface area contributed by atoms with Crippen molar-refractivity contribution in [2.75, 3.05) is 5.32 Å². The first-order valence-electron chi connectivity index (χ1n) is 12.9. The van der Waals surface area contributed by atoms with Crippen LogP contribution in [0.15, 0.2) is 103 Å². The first kappa shape index (κ1) is 25.2. The molecule has 0 saturated carbocycles. The maximum absolute atomic E-state index is 13.6. The topological polar surface area (TPSA) is 52.5 Å². The van der Waals surface area contributed by atoms with Crippen molar-refractivity contribution < 1.29 is 14.3 Å². The molecule has 0 fully saturated rings. The summed E-state index contributed by atoms with van der Waals surface area (Å²) in [7, 11) is 2.01. The van der Waals surface area contributed by atoms with E-state index in [2.05, 4.69) is 23.7 Å². The Labute approximate surface area is 223 Å². The van der Waals surface area contributed by atoms with Gasteiger partial charge in [0.15, 0.2) is 0 Å². The van der Waals surface area contributed by atoms with E-state index in [9.17, 15) is 4.79 Å². The van der Waals surface area contributed by atoms with Crippen molar-refractivity contribution in [2.24, 2.45) is 7.05 Å². The number of aryl methyl sites for hydroxylation is 1. The third-order valence-electron chi connectivity index (χ3n) is 6.60. The fraction of sp³-hybridized carbons (Fsp3) is 0.182. The van der Waals surface area contributed by atoms with Crippen molar-refractivity contribution in [3.63, 3.8) is 0 Å². The molecule has 0 bridgehead atoms. The number of amides is 1. The van der Waals surface area contributed by atoms with Crippen LogP contribution in [0.5, 0.6) is 11.5 Å². The molecule has 4 aromatic carbocycles. The van der Waals surface area contributed by atoms with E-state index in [1.807, 2.05) is 110 Å². The Balaban J connectivity index is 1.47. The Kier molecular flexibility index (Phi) is 7.45. The molecule has 5 aromatic rings. The fourth-order valence-electron chi connectivity index (χ4n) is 4.48. The number of aromatic nitrogens is 1. The average molecular weight is 505 g/mol. The standard InChI is InChI=1S/C33H32N2O3/c1-23(2)28-19-29(33(36)34-27-14-15-30-26(18-27)16-17-35(30)3)32(38-22-25-12-8-5-9-13-25)20-31(28)37-21-24-10-6-4-7-11-24/h4-20,23H,21-22H2,1-3H3,(H,34,36). The molecule has 0 atom stereocenters. The summed E-state index contributed by atoms with van der Waals surface area (Å²) in [4.78, 5) is 13.6. The second kappa shape index (κ2) is 11.3. The third-order valence-corrected chi connectivity index (χ3v) is 6.60. The summed E-state index contributed by atoms with van der Waals surface area (Å²) < 4.78 is 14.6. The van der Waals surface area contributed by atoms with Crippen molar-refractivity contribution in [1.29, 1.82) is 0 Å². The zero-order valence-corrected chi connectivity index (χ0v) is 22.0. The zero-order valence-electron chi connectivity index (χ0n) is 22.0. The Bertz CT molecular complexity index is 1540. The van der Waals surface area contributed by atoms with E-state index in [4.69, 9.17) is 9.47 Å². The summed E-state index contributed by atoms with van der Waals surface area (Å²) in [6.45, 7) is 4.97. The predicted molar refractivity (Wildman–Crippen MR) is 153 cm³/mol. The molecule has 5 rings (SSSR count). The third kappa shape index (κ3) is 5.73. The second-order valence-electron chi connectivity index (χ2n) is 9.74. The van der Waals surface area contributed by atoms with Crippen LogP contribution in [0.2, 0.25) is 0 Å². The summed E-state index contributed by atoms with van der Waals surface area (Å²) in [6.07, 6.45) is 2.01. The molecule has 38 heavy (non-hydrogen) atoms. The summed E-state index contributed by atoms with van der Waals surface area (Å²) in [5, 5.41) is 4.14. The molecule has 0 unspecified atom stereocenters. The van der Waals surface area contributed by atoms with Crippen LogP contribution in [0.3, 0.4) is 0 Å². The molecule has 0 aliphatic rings. The van der Waals surface area contributed by atoms with Gasteiger partial charge in [0.1, 0.15) is 24.7 Å². The minimum Gasteiger partial charge on any atom is -0.488 e. The quantitative estimate of drug-likeness (QED) is 0.224. The van der Waals surface area contributed by atoms with Gasteiger partial charge in [-0.05, 0) is 52.9 Å². The molecule has 1 N–H and O–H groups in total. The van der Waals surface area contributed by atoms with Crippen LogP contribution in [-0.4, -0.2) is 10.5 Å². The van der Waals surface area contributed by atoms with E-state index in [0.717, 1.165) is 33.3 Å². The number of carbonyl (C=O) groups excluding carboxylic acids is 1. The minimum absolute atomic E-state index is 0.149. The SMILES string of the molecule is CC(C)c1cc(C(=O)Nc2ccc3c(ccn3C)c2)c(OCc2ccccc2)cc1OCc1ccccc1. The van der Waals surface area contributed by atoms with Crippen molar-refractivity contribution in [3.05, 3.63) is 126 Å². The molecule has 1 aromatic heterocycles. The number of hydrogen-bond donors (Lipinski definition) is 1. The average Bonchev–Trinajstić information content (AvgIpc) is 3.31. The first-order chi connectivity index (χ1) is 18.5. The van der Waals surface area contributed by atoms with E-state index >= 15 is 0 Å². The highest BCUT2D eigenvalue weighted by Crippen LogP contribution is 2.35. The highest BCUT2D eigenvalue weighted by atomic mass is 16.5. The van der Waals surface area contributed by atoms with Gasteiger partial charge in [0, 0.05) is 35.9 Å². The van der Waals surface area contributed by atoms with Gasteiger partial charge in [-0.25, -0.2) is 0 Å². The highest BCUT2D eigenvalue weighted by molar-refractivity contribution is 6.07. The van der Waals surface area contributed by atoms with Gasteiger partial charge in [-0.3, -0.25) is 4.79 Å². The molecule has 0 aliphatic heterocycles. The van der Waals surface area contributed by atoms with Gasteiger partial charge in [-0.2, -0.15) is 0 Å². The lowest BCUT2D eigenvalue weighted by Gasteiger charge is -2.19. The number of anilines is 1. The lowest BCUT2D eigenvalue weighted by Crippen LogP contribution is -2.15. The molecule has 1 heterocycles. The summed E-state index contributed by atoms with van der Waals surface area (Å²) in [5.41, 5.74) is 5.37. The van der Waals surface area contributed by atoms with Crippen molar-refractivity contribution in [2.45, 2.75) is 33.0 Å². The lowest BCUT2D eigenvalue weighted by atomic mass is 9.98. The van der Waals surface area contributed by atoms with E-state index < -0.39 is 0 Å². The van der Waals surface area contributed by atoms with E-state index in [0.29, 0.717) is 30.3 Å². The first-order valence-corrected chi connectivity index (χ1v) is 12.9. The van der Waals surface area contributed by atoms with Crippen LogP contribution in [-0.2, 0) is 20.3 Å². The fourth-order valence-corrected chi connectivity index (χ4v) is 4.48. The van der Waals surface area contributed by atoms with Gasteiger partial charge in [-0.15, -0.1) is 0 Å². The van der Waals surface area contributed by atoms with Gasteiger partial charge >= 0.3 is 0 Å². The Morgan fingerprint density at radius 2 is 1.42 bits per heavy atom. The maximum atomic E-state index is 13.6. The van der Waals surface area contributed by atoms with Crippen LogP contribution >= 0.6 is 0 Å². The number of ether oxygens (including phenoxy) is 2. The largest absolute Gasteiger partial charge is 0.488 e. The number of nitrogens with zero attached hydrogens (tertiary/aromatic N) is 1. The maximum Gasteiger partial charge on any atom is 0.259 e. The molecule has 192 valence electrons. The van der Waals surface area contributed by atoms with E-state index in [-0.39, 0.29) is 11.8 Å². The van der Waals surface area contributed by atoms with Crippen molar-refractivity contribution in [1.82, 2.24) is 4.57 Å². The number of hydrogen-bond acceptors (Lipinski definition) is 3. The second-order valence-corrected chi connectivity index (χ2v) is 9.74. The van der Waals surface area contributed by atoms with Gasteiger partial charge < -0.3 is 19.4 Å².